The van der Waals surface area contributed by atoms with Crippen LogP contribution in [0.25, 0.3) is 17.1 Å². The minimum atomic E-state index is -0.697. The lowest BCUT2D eigenvalue weighted by atomic mass is 10.2. The Morgan fingerprint density at radius 3 is 2.70 bits per heavy atom. The standard InChI is InChI=1S/C15H11Cl2N3O3/c1-2-22-10-5-3-4-9(6-10)14-19-20(15(21)23-14)13-11(16)7-18-8-12(13)17/h3-8H,2H2,1H3. The van der Waals surface area contributed by atoms with Gasteiger partial charge in [0.15, 0.2) is 0 Å². The molecule has 0 atom stereocenters. The molecular formula is C15H11Cl2N3O3. The normalized spacial score (nSPS) is 10.7. The zero-order valence-electron chi connectivity index (χ0n) is 12.0. The average Bonchev–Trinajstić information content (AvgIpc) is 2.90. The summed E-state index contributed by atoms with van der Waals surface area (Å²) in [5.41, 5.74) is 0.831. The van der Waals surface area contributed by atoms with Gasteiger partial charge >= 0.3 is 5.76 Å². The van der Waals surface area contributed by atoms with Crippen LogP contribution in [0, 0.1) is 0 Å². The first-order chi connectivity index (χ1) is 11.1. The van der Waals surface area contributed by atoms with Crippen molar-refractivity contribution < 1.29 is 9.15 Å². The van der Waals surface area contributed by atoms with E-state index in [-0.39, 0.29) is 21.6 Å². The Hall–Kier alpha value is -2.31. The van der Waals surface area contributed by atoms with Gasteiger partial charge in [0.05, 0.1) is 16.7 Å². The molecule has 6 nitrogen and oxygen atoms in total. The number of rotatable bonds is 4. The molecule has 1 aromatic carbocycles. The molecule has 0 saturated carbocycles. The molecule has 0 N–H and O–H groups in total. The summed E-state index contributed by atoms with van der Waals surface area (Å²) in [5, 5.41) is 4.55. The summed E-state index contributed by atoms with van der Waals surface area (Å²) in [5.74, 6) is 0.0967. The molecule has 0 spiro atoms. The van der Waals surface area contributed by atoms with Crippen molar-refractivity contribution in [3.63, 3.8) is 0 Å². The van der Waals surface area contributed by atoms with Crippen molar-refractivity contribution in [2.75, 3.05) is 6.61 Å². The van der Waals surface area contributed by atoms with Gasteiger partial charge in [0.1, 0.15) is 11.4 Å². The van der Waals surface area contributed by atoms with Crippen LogP contribution in [-0.2, 0) is 0 Å². The van der Waals surface area contributed by atoms with E-state index in [1.807, 2.05) is 6.92 Å². The third kappa shape index (κ3) is 3.09. The Bertz CT molecular complexity index is 885. The van der Waals surface area contributed by atoms with Crippen LogP contribution < -0.4 is 10.5 Å². The maximum atomic E-state index is 12.1. The first kappa shape index (κ1) is 15.6. The summed E-state index contributed by atoms with van der Waals surface area (Å²) in [6, 6.07) is 7.08. The monoisotopic (exact) mass is 351 g/mol. The maximum Gasteiger partial charge on any atom is 0.442 e. The molecule has 2 heterocycles. The van der Waals surface area contributed by atoms with E-state index in [1.54, 1.807) is 24.3 Å². The smallest absolute Gasteiger partial charge is 0.442 e. The van der Waals surface area contributed by atoms with E-state index < -0.39 is 5.76 Å². The summed E-state index contributed by atoms with van der Waals surface area (Å²) in [6.45, 7) is 2.42. The van der Waals surface area contributed by atoms with Crippen molar-refractivity contribution in [1.82, 2.24) is 14.8 Å². The van der Waals surface area contributed by atoms with E-state index in [9.17, 15) is 4.79 Å². The summed E-state index contributed by atoms with van der Waals surface area (Å²) >= 11 is 12.1. The second kappa shape index (κ2) is 6.44. The molecule has 0 saturated heterocycles. The quantitative estimate of drug-likeness (QED) is 0.718. The van der Waals surface area contributed by atoms with Crippen LogP contribution >= 0.6 is 23.2 Å². The SMILES string of the molecule is CCOc1cccc(-c2nn(-c3c(Cl)cncc3Cl)c(=O)o2)c1. The second-order valence-electron chi connectivity index (χ2n) is 4.50. The van der Waals surface area contributed by atoms with Gasteiger partial charge in [0.25, 0.3) is 0 Å². The molecule has 23 heavy (non-hydrogen) atoms. The van der Waals surface area contributed by atoms with Gasteiger partial charge in [-0.05, 0) is 25.1 Å². The molecule has 3 rings (SSSR count). The summed E-state index contributed by atoms with van der Waals surface area (Å²) in [7, 11) is 0. The van der Waals surface area contributed by atoms with Crippen molar-refractivity contribution in [2.24, 2.45) is 0 Å². The predicted molar refractivity (Wildman–Crippen MR) is 86.5 cm³/mol. The molecule has 8 heteroatoms. The molecule has 0 unspecified atom stereocenters. The Morgan fingerprint density at radius 2 is 2.00 bits per heavy atom. The number of hydrogen-bond acceptors (Lipinski definition) is 5. The van der Waals surface area contributed by atoms with Crippen LogP contribution in [0.3, 0.4) is 0 Å². The van der Waals surface area contributed by atoms with E-state index in [4.69, 9.17) is 32.4 Å². The van der Waals surface area contributed by atoms with Crippen molar-refractivity contribution in [3.05, 3.63) is 57.3 Å². The Kier molecular flexibility index (Phi) is 4.36. The third-order valence-electron chi connectivity index (χ3n) is 2.98. The first-order valence-electron chi connectivity index (χ1n) is 6.73. The van der Waals surface area contributed by atoms with Gasteiger partial charge in [0, 0.05) is 18.0 Å². The highest BCUT2D eigenvalue weighted by Crippen LogP contribution is 2.27. The molecule has 0 aliphatic heterocycles. The van der Waals surface area contributed by atoms with Gasteiger partial charge in [-0.15, -0.1) is 5.10 Å². The van der Waals surface area contributed by atoms with Gasteiger partial charge in [-0.2, -0.15) is 4.68 Å². The van der Waals surface area contributed by atoms with E-state index in [1.165, 1.54) is 12.4 Å². The van der Waals surface area contributed by atoms with Crippen LogP contribution in [0.2, 0.25) is 10.0 Å². The van der Waals surface area contributed by atoms with Crippen molar-refractivity contribution in [1.29, 1.82) is 0 Å². The highest BCUT2D eigenvalue weighted by molar-refractivity contribution is 6.37. The number of nitrogens with zero attached hydrogens (tertiary/aromatic N) is 3. The van der Waals surface area contributed by atoms with Gasteiger partial charge in [-0.1, -0.05) is 29.3 Å². The fraction of sp³-hybridized carbons (Fsp3) is 0.133. The van der Waals surface area contributed by atoms with Crippen molar-refractivity contribution >= 4 is 23.2 Å². The van der Waals surface area contributed by atoms with Crippen LogP contribution in [0.5, 0.6) is 5.75 Å². The van der Waals surface area contributed by atoms with Gasteiger partial charge < -0.3 is 9.15 Å². The van der Waals surface area contributed by atoms with E-state index >= 15 is 0 Å². The van der Waals surface area contributed by atoms with Gasteiger partial charge in [0.2, 0.25) is 5.89 Å². The summed E-state index contributed by atoms with van der Waals surface area (Å²) in [4.78, 5) is 15.9. The highest BCUT2D eigenvalue weighted by atomic mass is 35.5. The predicted octanol–water partition coefficient (Wildman–Crippen LogP) is 3.59. The lowest BCUT2D eigenvalue weighted by Crippen LogP contribution is -2.14. The first-order valence-corrected chi connectivity index (χ1v) is 7.48. The largest absolute Gasteiger partial charge is 0.494 e. The van der Waals surface area contributed by atoms with Crippen LogP contribution in [-0.4, -0.2) is 21.4 Å². The number of aromatic nitrogens is 3. The molecule has 118 valence electrons. The Balaban J connectivity index is 2.09. The van der Waals surface area contributed by atoms with Crippen molar-refractivity contribution in [2.45, 2.75) is 6.92 Å². The highest BCUT2D eigenvalue weighted by Gasteiger charge is 2.17. The molecule has 0 bridgehead atoms. The number of hydrogen-bond donors (Lipinski definition) is 0. The maximum absolute atomic E-state index is 12.1. The number of benzene rings is 1. The second-order valence-corrected chi connectivity index (χ2v) is 5.31. The minimum Gasteiger partial charge on any atom is -0.494 e. The molecule has 2 aromatic heterocycles. The third-order valence-corrected chi connectivity index (χ3v) is 3.53. The van der Waals surface area contributed by atoms with Crippen LogP contribution in [0.1, 0.15) is 6.92 Å². The summed E-state index contributed by atoms with van der Waals surface area (Å²) in [6.07, 6.45) is 2.75. The molecule has 0 fully saturated rings. The topological polar surface area (TPSA) is 70.2 Å². The van der Waals surface area contributed by atoms with Crippen molar-refractivity contribution in [3.8, 4) is 22.9 Å². The molecule has 0 aliphatic rings. The minimum absolute atomic E-state index is 0.139. The van der Waals surface area contributed by atoms with E-state index in [0.717, 1.165) is 4.68 Å². The average molecular weight is 352 g/mol. The lowest BCUT2D eigenvalue weighted by molar-refractivity contribution is 0.340. The van der Waals surface area contributed by atoms with Gasteiger partial charge in [-0.3, -0.25) is 4.98 Å². The Labute approximate surface area is 141 Å². The zero-order chi connectivity index (χ0) is 16.4. The molecule has 0 amide bonds. The van der Waals surface area contributed by atoms with E-state index in [0.29, 0.717) is 17.9 Å². The van der Waals surface area contributed by atoms with Crippen LogP contribution in [0.4, 0.5) is 0 Å². The Morgan fingerprint density at radius 1 is 1.26 bits per heavy atom. The summed E-state index contributed by atoms with van der Waals surface area (Å²) < 4.78 is 11.6. The molecule has 3 aromatic rings. The van der Waals surface area contributed by atoms with Crippen LogP contribution in [0.15, 0.2) is 45.9 Å². The fourth-order valence-electron chi connectivity index (χ4n) is 2.03. The number of pyridine rings is 1. The molecular weight excluding hydrogens is 341 g/mol. The zero-order valence-corrected chi connectivity index (χ0v) is 13.5. The van der Waals surface area contributed by atoms with E-state index in [2.05, 4.69) is 10.1 Å². The number of ether oxygens (including phenoxy) is 1. The molecule has 0 aliphatic carbocycles. The lowest BCUT2D eigenvalue weighted by Gasteiger charge is -2.04. The van der Waals surface area contributed by atoms with Gasteiger partial charge in [-0.25, -0.2) is 4.79 Å². The number of halogens is 2. The fourth-order valence-corrected chi connectivity index (χ4v) is 2.55. The molecule has 0 radical (unpaired) electrons.